The van der Waals surface area contributed by atoms with Gasteiger partial charge in [0.15, 0.2) is 0 Å². The number of nitrogens with zero attached hydrogens (tertiary/aromatic N) is 1. The van der Waals surface area contributed by atoms with E-state index < -0.39 is 11.9 Å². The number of aromatic nitrogens is 1. The first kappa shape index (κ1) is 18.4. The van der Waals surface area contributed by atoms with Gasteiger partial charge in [-0.15, -0.1) is 0 Å². The molecule has 0 atom stereocenters. The molecule has 0 saturated carbocycles. The van der Waals surface area contributed by atoms with Crippen LogP contribution in [-0.2, 0) is 6.61 Å². The van der Waals surface area contributed by atoms with Gasteiger partial charge < -0.3 is 4.74 Å². The first-order chi connectivity index (χ1) is 13.1. The average Bonchev–Trinajstić information content (AvgIpc) is 2.68. The van der Waals surface area contributed by atoms with Crippen molar-refractivity contribution in [3.63, 3.8) is 0 Å². The summed E-state index contributed by atoms with van der Waals surface area (Å²) in [6, 6.07) is 18.8. The minimum absolute atomic E-state index is 0.215. The number of hydrogen-bond donors (Lipinski definition) is 2. The van der Waals surface area contributed by atoms with Gasteiger partial charge in [0.1, 0.15) is 18.2 Å². The maximum Gasteiger partial charge on any atom is 0.327 e. The Balaban J connectivity index is 1.52. The van der Waals surface area contributed by atoms with E-state index >= 15 is 0 Å². The Hall–Kier alpha value is -3.38. The van der Waals surface area contributed by atoms with Crippen LogP contribution in [0.1, 0.15) is 15.9 Å². The Morgan fingerprint density at radius 2 is 1.70 bits per heavy atom. The summed E-state index contributed by atoms with van der Waals surface area (Å²) in [5.74, 6) is 0.254. The third-order valence-corrected chi connectivity index (χ3v) is 3.90. The summed E-state index contributed by atoms with van der Waals surface area (Å²) in [6.07, 6.45) is 1.49. The third kappa shape index (κ3) is 5.29. The number of anilines is 1. The van der Waals surface area contributed by atoms with Gasteiger partial charge in [0.2, 0.25) is 0 Å². The standard InChI is InChI=1S/C20H16ClN3O3/c21-17-9-5-4-8-16(17)19(25)24-20(26)23-18-11-10-15(12-22-18)27-13-14-6-2-1-3-7-14/h1-12H,13H2,(H2,22,23,24,25,26). The summed E-state index contributed by atoms with van der Waals surface area (Å²) in [5, 5.41) is 4.95. The molecule has 3 aromatic rings. The Kier molecular flexibility index (Phi) is 6.02. The number of halogens is 1. The lowest BCUT2D eigenvalue weighted by Gasteiger charge is -2.09. The summed E-state index contributed by atoms with van der Waals surface area (Å²) in [7, 11) is 0. The topological polar surface area (TPSA) is 80.3 Å². The largest absolute Gasteiger partial charge is 0.487 e. The lowest BCUT2D eigenvalue weighted by atomic mass is 10.2. The van der Waals surface area contributed by atoms with E-state index in [2.05, 4.69) is 15.6 Å². The van der Waals surface area contributed by atoms with E-state index in [-0.39, 0.29) is 16.4 Å². The number of pyridine rings is 1. The van der Waals surface area contributed by atoms with Gasteiger partial charge in [-0.25, -0.2) is 9.78 Å². The zero-order valence-electron chi connectivity index (χ0n) is 14.2. The number of urea groups is 1. The molecule has 2 N–H and O–H groups in total. The van der Waals surface area contributed by atoms with Crippen molar-refractivity contribution in [1.82, 2.24) is 10.3 Å². The van der Waals surface area contributed by atoms with Crippen LogP contribution in [0, 0.1) is 0 Å². The summed E-state index contributed by atoms with van der Waals surface area (Å²) >= 11 is 5.94. The second-order valence-electron chi connectivity index (χ2n) is 5.54. The Morgan fingerprint density at radius 3 is 2.41 bits per heavy atom. The fraction of sp³-hybridized carbons (Fsp3) is 0.0500. The molecule has 136 valence electrons. The second kappa shape index (κ2) is 8.82. The normalized spacial score (nSPS) is 10.1. The van der Waals surface area contributed by atoms with Gasteiger partial charge >= 0.3 is 6.03 Å². The van der Waals surface area contributed by atoms with Crippen molar-refractivity contribution in [3.05, 3.63) is 89.1 Å². The molecule has 0 aliphatic rings. The van der Waals surface area contributed by atoms with Crippen LogP contribution in [0.5, 0.6) is 5.75 Å². The number of imide groups is 1. The summed E-state index contributed by atoms with van der Waals surface area (Å²) in [6.45, 7) is 0.419. The molecule has 27 heavy (non-hydrogen) atoms. The van der Waals surface area contributed by atoms with Gasteiger partial charge in [0.25, 0.3) is 5.91 Å². The fourth-order valence-electron chi connectivity index (χ4n) is 2.24. The second-order valence-corrected chi connectivity index (χ2v) is 5.95. The summed E-state index contributed by atoms with van der Waals surface area (Å²) in [5.41, 5.74) is 1.25. The Morgan fingerprint density at radius 1 is 0.963 bits per heavy atom. The predicted octanol–water partition coefficient (Wildman–Crippen LogP) is 4.28. The van der Waals surface area contributed by atoms with Gasteiger partial charge in [-0.05, 0) is 29.8 Å². The quantitative estimate of drug-likeness (QED) is 0.691. The van der Waals surface area contributed by atoms with Crippen LogP contribution >= 0.6 is 11.6 Å². The van der Waals surface area contributed by atoms with E-state index in [1.54, 1.807) is 30.3 Å². The Labute approximate surface area is 161 Å². The van der Waals surface area contributed by atoms with E-state index in [1.807, 2.05) is 30.3 Å². The smallest absolute Gasteiger partial charge is 0.327 e. The molecular formula is C20H16ClN3O3. The van der Waals surface area contributed by atoms with Crippen LogP contribution in [0.2, 0.25) is 5.02 Å². The van der Waals surface area contributed by atoms with Crippen LogP contribution in [0.25, 0.3) is 0 Å². The van der Waals surface area contributed by atoms with Gasteiger partial charge in [-0.1, -0.05) is 54.1 Å². The molecule has 0 unspecified atom stereocenters. The van der Waals surface area contributed by atoms with Crippen LogP contribution in [0.3, 0.4) is 0 Å². The summed E-state index contributed by atoms with van der Waals surface area (Å²) < 4.78 is 5.63. The van der Waals surface area contributed by atoms with Gasteiger partial charge in [-0.2, -0.15) is 0 Å². The van der Waals surface area contributed by atoms with Crippen molar-refractivity contribution in [2.24, 2.45) is 0 Å². The molecule has 1 aromatic heterocycles. The van der Waals surface area contributed by atoms with E-state index in [9.17, 15) is 9.59 Å². The number of carbonyl (C=O) groups excluding carboxylic acids is 2. The van der Waals surface area contributed by atoms with Crippen molar-refractivity contribution in [2.45, 2.75) is 6.61 Å². The number of hydrogen-bond acceptors (Lipinski definition) is 4. The molecule has 0 aliphatic carbocycles. The van der Waals surface area contributed by atoms with Crippen molar-refractivity contribution >= 4 is 29.4 Å². The molecule has 0 spiro atoms. The van der Waals surface area contributed by atoms with E-state index in [1.165, 1.54) is 12.3 Å². The average molecular weight is 382 g/mol. The predicted molar refractivity (Wildman–Crippen MR) is 103 cm³/mol. The zero-order valence-corrected chi connectivity index (χ0v) is 14.9. The summed E-state index contributed by atoms with van der Waals surface area (Å²) in [4.78, 5) is 28.1. The highest BCUT2D eigenvalue weighted by Crippen LogP contribution is 2.15. The van der Waals surface area contributed by atoms with E-state index in [0.717, 1.165) is 5.56 Å². The highest BCUT2D eigenvalue weighted by atomic mass is 35.5. The molecule has 2 aromatic carbocycles. The van der Waals surface area contributed by atoms with Crippen molar-refractivity contribution in [1.29, 1.82) is 0 Å². The molecule has 0 radical (unpaired) electrons. The van der Waals surface area contributed by atoms with Crippen LogP contribution in [0.15, 0.2) is 72.9 Å². The highest BCUT2D eigenvalue weighted by Gasteiger charge is 2.13. The van der Waals surface area contributed by atoms with Crippen LogP contribution in [-0.4, -0.2) is 16.9 Å². The number of carbonyl (C=O) groups is 2. The molecule has 3 rings (SSSR count). The molecule has 0 bridgehead atoms. The molecule has 0 fully saturated rings. The maximum absolute atomic E-state index is 12.0. The molecule has 0 saturated heterocycles. The van der Waals surface area contributed by atoms with E-state index in [0.29, 0.717) is 12.4 Å². The zero-order chi connectivity index (χ0) is 19.1. The number of benzene rings is 2. The monoisotopic (exact) mass is 381 g/mol. The highest BCUT2D eigenvalue weighted by molar-refractivity contribution is 6.34. The minimum atomic E-state index is -0.703. The molecule has 0 aliphatic heterocycles. The Bertz CT molecular complexity index is 931. The maximum atomic E-state index is 12.0. The van der Waals surface area contributed by atoms with E-state index in [4.69, 9.17) is 16.3 Å². The molecular weight excluding hydrogens is 366 g/mol. The molecule has 6 nitrogen and oxygen atoms in total. The van der Waals surface area contributed by atoms with Crippen LogP contribution in [0.4, 0.5) is 10.6 Å². The van der Waals surface area contributed by atoms with Crippen molar-refractivity contribution in [3.8, 4) is 5.75 Å². The third-order valence-electron chi connectivity index (χ3n) is 3.57. The van der Waals surface area contributed by atoms with Gasteiger partial charge in [0.05, 0.1) is 16.8 Å². The van der Waals surface area contributed by atoms with Crippen LogP contribution < -0.4 is 15.4 Å². The molecule has 1 heterocycles. The van der Waals surface area contributed by atoms with Gasteiger partial charge in [0, 0.05) is 0 Å². The fourth-order valence-corrected chi connectivity index (χ4v) is 2.47. The van der Waals surface area contributed by atoms with Crippen molar-refractivity contribution < 1.29 is 14.3 Å². The number of amides is 3. The molecule has 7 heteroatoms. The van der Waals surface area contributed by atoms with Crippen molar-refractivity contribution in [2.75, 3.05) is 5.32 Å². The number of rotatable bonds is 5. The lowest BCUT2D eigenvalue weighted by Crippen LogP contribution is -2.34. The molecule has 3 amide bonds. The SMILES string of the molecule is O=C(NC(=O)c1ccccc1Cl)Nc1ccc(OCc2ccccc2)cn1. The first-order valence-electron chi connectivity index (χ1n) is 8.11. The minimum Gasteiger partial charge on any atom is -0.487 e. The lowest BCUT2D eigenvalue weighted by molar-refractivity contribution is 0.0967. The van der Waals surface area contributed by atoms with Gasteiger partial charge in [-0.3, -0.25) is 15.4 Å². The first-order valence-corrected chi connectivity index (χ1v) is 8.49. The number of nitrogens with one attached hydrogen (secondary N) is 2. The number of ether oxygens (including phenoxy) is 1.